The van der Waals surface area contributed by atoms with Gasteiger partial charge in [-0.25, -0.2) is 4.98 Å². The SMILES string of the molecule is CC(=O)N1CCc2nc(N)c(C#N)c(-c3cc4c(cc3C)OCCO4)c2C1. The van der Waals surface area contributed by atoms with Crippen molar-refractivity contribution in [3.63, 3.8) is 0 Å². The van der Waals surface area contributed by atoms with Crippen molar-refractivity contribution in [1.82, 2.24) is 9.88 Å². The van der Waals surface area contributed by atoms with Crippen molar-refractivity contribution in [1.29, 1.82) is 5.26 Å². The molecule has 1 aromatic carbocycles. The number of hydrogen-bond donors (Lipinski definition) is 1. The number of amides is 1. The first-order chi connectivity index (χ1) is 13.0. The van der Waals surface area contributed by atoms with E-state index in [1.54, 1.807) is 11.8 Å². The van der Waals surface area contributed by atoms with E-state index in [-0.39, 0.29) is 11.7 Å². The first kappa shape index (κ1) is 17.2. The summed E-state index contributed by atoms with van der Waals surface area (Å²) in [5.41, 5.74) is 10.7. The second kappa shape index (κ2) is 6.47. The van der Waals surface area contributed by atoms with Gasteiger partial charge in [0.05, 0.1) is 5.69 Å². The number of benzene rings is 1. The molecular formula is C20H20N4O3. The quantitative estimate of drug-likeness (QED) is 0.832. The number of ether oxygens (including phenoxy) is 2. The first-order valence-electron chi connectivity index (χ1n) is 8.87. The van der Waals surface area contributed by atoms with Gasteiger partial charge in [-0.1, -0.05) is 0 Å². The number of nitrogen functional groups attached to an aromatic ring is 1. The summed E-state index contributed by atoms with van der Waals surface area (Å²) in [7, 11) is 0. The Balaban J connectivity index is 1.96. The Kier molecular flexibility index (Phi) is 4.11. The highest BCUT2D eigenvalue weighted by Crippen LogP contribution is 2.42. The van der Waals surface area contributed by atoms with E-state index >= 15 is 0 Å². The van der Waals surface area contributed by atoms with E-state index in [1.807, 2.05) is 19.1 Å². The van der Waals surface area contributed by atoms with Crippen LogP contribution < -0.4 is 15.2 Å². The molecule has 0 unspecified atom stereocenters. The second-order valence-electron chi connectivity index (χ2n) is 6.79. The molecule has 4 rings (SSSR count). The van der Waals surface area contributed by atoms with Crippen LogP contribution >= 0.6 is 0 Å². The number of rotatable bonds is 1. The lowest BCUT2D eigenvalue weighted by atomic mass is 9.88. The third kappa shape index (κ3) is 2.83. The third-order valence-electron chi connectivity index (χ3n) is 5.09. The van der Waals surface area contributed by atoms with Crippen LogP contribution in [-0.4, -0.2) is 35.5 Å². The molecule has 1 aromatic heterocycles. The summed E-state index contributed by atoms with van der Waals surface area (Å²) < 4.78 is 11.4. The zero-order chi connectivity index (χ0) is 19.1. The highest BCUT2D eigenvalue weighted by Gasteiger charge is 2.28. The van der Waals surface area contributed by atoms with Crippen LogP contribution in [0.3, 0.4) is 0 Å². The standard InChI is InChI=1S/C20H20N4O3/c1-11-7-17-18(27-6-5-26-17)8-13(11)19-14(9-21)20(22)23-16-3-4-24(12(2)25)10-15(16)19/h7-8H,3-6,10H2,1-2H3,(H2,22,23). The predicted molar refractivity (Wildman–Crippen MR) is 99.3 cm³/mol. The molecule has 0 bridgehead atoms. The summed E-state index contributed by atoms with van der Waals surface area (Å²) in [6.45, 7) is 5.52. The maximum Gasteiger partial charge on any atom is 0.219 e. The van der Waals surface area contributed by atoms with Gasteiger partial charge in [-0.05, 0) is 30.2 Å². The number of pyridine rings is 1. The minimum atomic E-state index is 0.000767. The topological polar surface area (TPSA) is 101 Å². The number of hydrogen-bond acceptors (Lipinski definition) is 6. The van der Waals surface area contributed by atoms with Gasteiger partial charge in [0.2, 0.25) is 5.91 Å². The number of fused-ring (bicyclic) bond motifs is 2. The molecule has 138 valence electrons. The molecule has 0 radical (unpaired) electrons. The van der Waals surface area contributed by atoms with Crippen LogP contribution in [0.2, 0.25) is 0 Å². The van der Waals surface area contributed by atoms with Crippen molar-refractivity contribution in [2.45, 2.75) is 26.8 Å². The monoisotopic (exact) mass is 364 g/mol. The van der Waals surface area contributed by atoms with Crippen LogP contribution in [0.5, 0.6) is 11.5 Å². The zero-order valence-electron chi connectivity index (χ0n) is 15.3. The summed E-state index contributed by atoms with van der Waals surface area (Å²) in [4.78, 5) is 18.1. The Hall–Kier alpha value is -3.27. The lowest BCUT2D eigenvalue weighted by molar-refractivity contribution is -0.129. The van der Waals surface area contributed by atoms with Crippen LogP contribution in [0, 0.1) is 18.3 Å². The molecule has 1 amide bonds. The fourth-order valence-electron chi connectivity index (χ4n) is 3.72. The van der Waals surface area contributed by atoms with Gasteiger partial charge in [0.25, 0.3) is 0 Å². The molecule has 7 nitrogen and oxygen atoms in total. The van der Waals surface area contributed by atoms with E-state index in [0.29, 0.717) is 49.8 Å². The molecule has 0 saturated heterocycles. The van der Waals surface area contributed by atoms with Gasteiger partial charge >= 0.3 is 0 Å². The van der Waals surface area contributed by atoms with Crippen LogP contribution in [0.15, 0.2) is 12.1 Å². The Labute approximate surface area is 157 Å². The van der Waals surface area contributed by atoms with Crippen LogP contribution in [0.25, 0.3) is 11.1 Å². The molecule has 0 saturated carbocycles. The van der Waals surface area contributed by atoms with E-state index in [4.69, 9.17) is 15.2 Å². The largest absolute Gasteiger partial charge is 0.486 e. The maximum atomic E-state index is 11.9. The van der Waals surface area contributed by atoms with Crippen LogP contribution in [0.1, 0.15) is 29.3 Å². The minimum absolute atomic E-state index is 0.000767. The first-order valence-corrected chi connectivity index (χ1v) is 8.87. The Morgan fingerprint density at radius 2 is 2.00 bits per heavy atom. The Morgan fingerprint density at radius 3 is 2.67 bits per heavy atom. The number of nitrogens with zero attached hydrogens (tertiary/aromatic N) is 3. The summed E-state index contributed by atoms with van der Waals surface area (Å²) in [6, 6.07) is 6.01. The summed E-state index contributed by atoms with van der Waals surface area (Å²) in [5, 5.41) is 9.76. The van der Waals surface area contributed by atoms with Crippen molar-refractivity contribution >= 4 is 11.7 Å². The number of carbonyl (C=O) groups is 1. The van der Waals surface area contributed by atoms with Crippen molar-refractivity contribution in [3.05, 3.63) is 34.5 Å². The zero-order valence-corrected chi connectivity index (χ0v) is 15.3. The molecule has 0 spiro atoms. The normalized spacial score (nSPS) is 15.1. The molecule has 0 aliphatic carbocycles. The molecule has 2 aliphatic heterocycles. The van der Waals surface area contributed by atoms with Crippen molar-refractivity contribution in [3.8, 4) is 28.7 Å². The molecule has 2 aromatic rings. The third-order valence-corrected chi connectivity index (χ3v) is 5.09. The van der Waals surface area contributed by atoms with E-state index in [2.05, 4.69) is 11.1 Å². The van der Waals surface area contributed by atoms with Gasteiger partial charge in [0.1, 0.15) is 30.7 Å². The lowest BCUT2D eigenvalue weighted by Gasteiger charge is -2.30. The molecule has 0 fully saturated rings. The van der Waals surface area contributed by atoms with Crippen LogP contribution in [-0.2, 0) is 17.8 Å². The smallest absolute Gasteiger partial charge is 0.219 e. The fraction of sp³-hybridized carbons (Fsp3) is 0.350. The van der Waals surface area contributed by atoms with E-state index in [1.165, 1.54) is 0 Å². The van der Waals surface area contributed by atoms with E-state index in [9.17, 15) is 10.1 Å². The highest BCUT2D eigenvalue weighted by atomic mass is 16.6. The molecule has 7 heteroatoms. The summed E-state index contributed by atoms with van der Waals surface area (Å²) >= 11 is 0. The van der Waals surface area contributed by atoms with Crippen LogP contribution in [0.4, 0.5) is 5.82 Å². The van der Waals surface area contributed by atoms with Gasteiger partial charge in [0.15, 0.2) is 11.5 Å². The Morgan fingerprint density at radius 1 is 1.30 bits per heavy atom. The van der Waals surface area contributed by atoms with Crippen molar-refractivity contribution < 1.29 is 14.3 Å². The number of nitriles is 1. The number of anilines is 1. The van der Waals surface area contributed by atoms with Gasteiger partial charge in [-0.2, -0.15) is 5.26 Å². The van der Waals surface area contributed by atoms with Gasteiger partial charge in [-0.3, -0.25) is 4.79 Å². The molecule has 3 heterocycles. The Bertz CT molecular complexity index is 994. The molecular weight excluding hydrogens is 344 g/mol. The minimum Gasteiger partial charge on any atom is -0.486 e. The molecule has 2 aliphatic rings. The van der Waals surface area contributed by atoms with Gasteiger partial charge in [-0.15, -0.1) is 0 Å². The molecule has 2 N–H and O–H groups in total. The summed E-state index contributed by atoms with van der Waals surface area (Å²) in [6.07, 6.45) is 0.613. The number of carbonyl (C=O) groups excluding carboxylic acids is 1. The van der Waals surface area contributed by atoms with Gasteiger partial charge in [0, 0.05) is 37.6 Å². The van der Waals surface area contributed by atoms with Crippen molar-refractivity contribution in [2.75, 3.05) is 25.5 Å². The van der Waals surface area contributed by atoms with E-state index < -0.39 is 0 Å². The number of nitrogens with two attached hydrogens (primary N) is 1. The maximum absolute atomic E-state index is 11.9. The van der Waals surface area contributed by atoms with Gasteiger partial charge < -0.3 is 20.1 Å². The van der Waals surface area contributed by atoms with Crippen molar-refractivity contribution in [2.24, 2.45) is 0 Å². The second-order valence-corrected chi connectivity index (χ2v) is 6.79. The fourth-order valence-corrected chi connectivity index (χ4v) is 3.72. The number of aryl methyl sites for hydroxylation is 1. The average molecular weight is 364 g/mol. The average Bonchev–Trinajstić information content (AvgIpc) is 2.66. The molecule has 0 atom stereocenters. The van der Waals surface area contributed by atoms with E-state index in [0.717, 1.165) is 27.9 Å². The molecule has 27 heavy (non-hydrogen) atoms. The number of aromatic nitrogens is 1. The lowest BCUT2D eigenvalue weighted by Crippen LogP contribution is -2.35. The predicted octanol–water partition coefficient (Wildman–Crippen LogP) is 2.19. The highest BCUT2D eigenvalue weighted by molar-refractivity contribution is 5.83. The summed E-state index contributed by atoms with van der Waals surface area (Å²) in [5.74, 6) is 1.56.